The summed E-state index contributed by atoms with van der Waals surface area (Å²) in [5, 5.41) is 0.272. The largest absolute Gasteiger partial charge is 0.355 e. The molecule has 0 bridgehead atoms. The van der Waals surface area contributed by atoms with Gasteiger partial charge in [0.1, 0.15) is 29.5 Å². The fraction of sp³-hybridized carbons (Fsp3) is 0.394. The molecule has 2 atom stereocenters. The summed E-state index contributed by atoms with van der Waals surface area (Å²) in [5.74, 6) is -1.55. The van der Waals surface area contributed by atoms with Crippen molar-refractivity contribution in [3.05, 3.63) is 82.8 Å². The number of aromatic nitrogens is 5. The Bertz CT molecular complexity index is 1750. The second-order valence-corrected chi connectivity index (χ2v) is 11.6. The quantitative estimate of drug-likeness (QED) is 0.249. The highest BCUT2D eigenvalue weighted by atomic mass is 19.1. The Hall–Kier alpha value is -4.54. The van der Waals surface area contributed by atoms with E-state index in [2.05, 4.69) is 26.5 Å². The Morgan fingerprint density at radius 3 is 2.11 bits per heavy atom. The van der Waals surface area contributed by atoms with Crippen LogP contribution < -0.4 is 10.6 Å². The third-order valence-electron chi connectivity index (χ3n) is 7.77. The molecule has 1 aliphatic rings. The van der Waals surface area contributed by atoms with E-state index in [1.165, 1.54) is 41.2 Å². The molecule has 0 spiro atoms. The molecule has 44 heavy (non-hydrogen) atoms. The first-order chi connectivity index (χ1) is 20.4. The van der Waals surface area contributed by atoms with Crippen LogP contribution in [-0.4, -0.2) is 60.5 Å². The fourth-order valence-corrected chi connectivity index (χ4v) is 5.91. The molecule has 1 aliphatic heterocycles. The molecule has 232 valence electrons. The number of hydrogen-bond donors (Lipinski definition) is 0. The average Bonchev–Trinajstić information content (AvgIpc) is 2.96. The lowest BCUT2D eigenvalue weighted by molar-refractivity contribution is -0.130. The Balaban J connectivity index is 0.00000442. The number of amides is 1. The summed E-state index contributed by atoms with van der Waals surface area (Å²) >= 11 is 0. The molecule has 5 rings (SSSR count). The number of benzene rings is 1. The Morgan fingerprint density at radius 2 is 1.57 bits per heavy atom. The second kappa shape index (κ2) is 12.6. The van der Waals surface area contributed by atoms with Gasteiger partial charge in [-0.05, 0) is 50.0 Å². The highest BCUT2D eigenvalue weighted by Gasteiger charge is 2.34. The van der Waals surface area contributed by atoms with Crippen molar-refractivity contribution in [3.63, 3.8) is 0 Å². The molecule has 1 amide bonds. The molecule has 0 N–H and O–H groups in total. The van der Waals surface area contributed by atoms with E-state index in [1.807, 2.05) is 46.4 Å². The van der Waals surface area contributed by atoms with Crippen LogP contribution in [-0.2, 0) is 4.79 Å². The standard InChI is InChI=1S/C32H35F2N7O2.CH4/c1-8-25(42)40-19(6)14-39(15-20(40)7)30-22-13-24(34)28(21-11-9-10-12-23(21)33)37-31(22)41(32(43)38-30)29-26(17(2)3)35-16-36-27(29)18(4)5;/h8-13,16-20H,1,14-15H2,2-7H3;1H4/t19-,20+;. The van der Waals surface area contributed by atoms with E-state index >= 15 is 4.39 Å². The lowest BCUT2D eigenvalue weighted by atomic mass is 10.0. The highest BCUT2D eigenvalue weighted by Crippen LogP contribution is 2.35. The topological polar surface area (TPSA) is 97.1 Å². The highest BCUT2D eigenvalue weighted by molar-refractivity contribution is 5.91. The van der Waals surface area contributed by atoms with E-state index in [9.17, 15) is 14.0 Å². The minimum Gasteiger partial charge on any atom is -0.352 e. The van der Waals surface area contributed by atoms with Gasteiger partial charge in [0.25, 0.3) is 0 Å². The predicted molar refractivity (Wildman–Crippen MR) is 169 cm³/mol. The van der Waals surface area contributed by atoms with Crippen molar-refractivity contribution in [2.75, 3.05) is 18.0 Å². The summed E-state index contributed by atoms with van der Waals surface area (Å²) in [6.45, 7) is 15.9. The molecule has 9 nitrogen and oxygen atoms in total. The van der Waals surface area contributed by atoms with Crippen molar-refractivity contribution in [1.29, 1.82) is 0 Å². The van der Waals surface area contributed by atoms with Crippen LogP contribution in [0.15, 0.2) is 54.1 Å². The van der Waals surface area contributed by atoms with Crippen molar-refractivity contribution in [1.82, 2.24) is 29.4 Å². The number of carbonyl (C=O) groups excluding carboxylic acids is 1. The van der Waals surface area contributed by atoms with Crippen molar-refractivity contribution >= 4 is 22.8 Å². The monoisotopic (exact) mass is 603 g/mol. The summed E-state index contributed by atoms with van der Waals surface area (Å²) < 4.78 is 32.2. The third kappa shape index (κ3) is 5.58. The zero-order chi connectivity index (χ0) is 31.2. The molecule has 1 saturated heterocycles. The molecule has 4 heterocycles. The zero-order valence-corrected chi connectivity index (χ0v) is 25.2. The minimum absolute atomic E-state index is 0. The maximum atomic E-state index is 15.9. The van der Waals surface area contributed by atoms with Gasteiger partial charge in [-0.1, -0.05) is 53.8 Å². The first-order valence-corrected chi connectivity index (χ1v) is 14.4. The summed E-state index contributed by atoms with van der Waals surface area (Å²) in [6.07, 6.45) is 2.75. The first kappa shape index (κ1) is 32.4. The fourth-order valence-electron chi connectivity index (χ4n) is 5.91. The van der Waals surface area contributed by atoms with Crippen LogP contribution in [0.2, 0.25) is 0 Å². The van der Waals surface area contributed by atoms with Gasteiger partial charge in [0.2, 0.25) is 5.91 Å². The Labute approximate surface area is 256 Å². The number of piperazine rings is 1. The Kier molecular flexibility index (Phi) is 9.27. The van der Waals surface area contributed by atoms with E-state index in [4.69, 9.17) is 0 Å². The van der Waals surface area contributed by atoms with Gasteiger partial charge in [0.15, 0.2) is 5.65 Å². The molecule has 1 fully saturated rings. The maximum absolute atomic E-state index is 15.9. The molecule has 0 unspecified atom stereocenters. The van der Waals surface area contributed by atoms with Gasteiger partial charge in [-0.15, -0.1) is 0 Å². The zero-order valence-electron chi connectivity index (χ0n) is 25.2. The number of hydrogen-bond acceptors (Lipinski definition) is 7. The number of halogens is 2. The van der Waals surface area contributed by atoms with Crippen LogP contribution in [0, 0.1) is 11.6 Å². The van der Waals surface area contributed by atoms with E-state index in [1.54, 1.807) is 11.0 Å². The van der Waals surface area contributed by atoms with E-state index in [-0.39, 0.29) is 65.4 Å². The Morgan fingerprint density at radius 1 is 0.977 bits per heavy atom. The third-order valence-corrected chi connectivity index (χ3v) is 7.77. The van der Waals surface area contributed by atoms with Gasteiger partial charge >= 0.3 is 5.69 Å². The van der Waals surface area contributed by atoms with Crippen LogP contribution in [0.4, 0.5) is 14.6 Å². The number of nitrogens with zero attached hydrogens (tertiary/aromatic N) is 7. The molecular weight excluding hydrogens is 564 g/mol. The van der Waals surface area contributed by atoms with Crippen LogP contribution in [0.25, 0.3) is 28.0 Å². The number of carbonyl (C=O) groups is 1. The van der Waals surface area contributed by atoms with Crippen LogP contribution >= 0.6 is 0 Å². The number of pyridine rings is 1. The van der Waals surface area contributed by atoms with Gasteiger partial charge in [0.05, 0.1) is 22.5 Å². The molecule has 0 aliphatic carbocycles. The maximum Gasteiger partial charge on any atom is 0.355 e. The van der Waals surface area contributed by atoms with Crippen molar-refractivity contribution < 1.29 is 13.6 Å². The molecule has 11 heteroatoms. The predicted octanol–water partition coefficient (Wildman–Crippen LogP) is 6.01. The van der Waals surface area contributed by atoms with E-state index in [0.29, 0.717) is 30.2 Å². The smallest absolute Gasteiger partial charge is 0.352 e. The van der Waals surface area contributed by atoms with Gasteiger partial charge < -0.3 is 9.80 Å². The van der Waals surface area contributed by atoms with E-state index < -0.39 is 17.3 Å². The van der Waals surface area contributed by atoms with Gasteiger partial charge in [-0.3, -0.25) is 4.79 Å². The van der Waals surface area contributed by atoms with Crippen molar-refractivity contribution in [3.8, 4) is 16.9 Å². The van der Waals surface area contributed by atoms with E-state index in [0.717, 1.165) is 0 Å². The first-order valence-electron chi connectivity index (χ1n) is 14.4. The molecule has 1 aromatic carbocycles. The summed E-state index contributed by atoms with van der Waals surface area (Å²) in [6, 6.07) is 6.56. The van der Waals surface area contributed by atoms with Crippen LogP contribution in [0.5, 0.6) is 0 Å². The number of fused-ring (bicyclic) bond motifs is 1. The summed E-state index contributed by atoms with van der Waals surface area (Å²) in [7, 11) is 0. The van der Waals surface area contributed by atoms with Gasteiger partial charge in [-0.25, -0.2) is 33.1 Å². The number of rotatable bonds is 6. The summed E-state index contributed by atoms with van der Waals surface area (Å²) in [5.41, 5.74) is 0.845. The molecule has 4 aromatic rings. The molecule has 0 radical (unpaired) electrons. The minimum atomic E-state index is -0.759. The number of anilines is 1. The average molecular weight is 604 g/mol. The lowest BCUT2D eigenvalue weighted by Crippen LogP contribution is -2.58. The van der Waals surface area contributed by atoms with Gasteiger partial charge in [-0.2, -0.15) is 4.98 Å². The van der Waals surface area contributed by atoms with Crippen LogP contribution in [0.1, 0.15) is 72.2 Å². The molecular formula is C33H39F2N7O2. The summed E-state index contributed by atoms with van der Waals surface area (Å²) in [4.78, 5) is 48.4. The SMILES string of the molecule is C.C=CC(=O)N1[C@H](C)CN(c2nc(=O)n(-c3c(C(C)C)ncnc3C(C)C)c3nc(-c4ccccc4F)c(F)cc23)C[C@@H]1C. The van der Waals surface area contributed by atoms with Gasteiger partial charge in [0, 0.05) is 30.7 Å². The lowest BCUT2D eigenvalue weighted by Gasteiger charge is -2.44. The van der Waals surface area contributed by atoms with Crippen molar-refractivity contribution in [2.24, 2.45) is 0 Å². The van der Waals surface area contributed by atoms with Crippen molar-refractivity contribution in [2.45, 2.75) is 72.9 Å². The normalized spacial score (nSPS) is 16.9. The second-order valence-electron chi connectivity index (χ2n) is 11.6. The molecule has 3 aromatic heterocycles. The van der Waals surface area contributed by atoms with Crippen LogP contribution in [0.3, 0.4) is 0 Å². The molecule has 0 saturated carbocycles.